The normalized spacial score (nSPS) is 13.1. The fraction of sp³-hybridized carbons (Fsp3) is 0.350. The molecule has 0 bridgehead atoms. The zero-order valence-electron chi connectivity index (χ0n) is 15.8. The van der Waals surface area contributed by atoms with Crippen molar-refractivity contribution in [2.24, 2.45) is 0 Å². The van der Waals surface area contributed by atoms with Gasteiger partial charge in [0.15, 0.2) is 0 Å². The van der Waals surface area contributed by atoms with E-state index in [4.69, 9.17) is 0 Å². The largest absolute Gasteiger partial charge is 0.350 e. The Balaban J connectivity index is 1.57. The van der Waals surface area contributed by atoms with Gasteiger partial charge in [-0.3, -0.25) is 9.69 Å². The third-order valence-corrected chi connectivity index (χ3v) is 5.43. The Morgan fingerprint density at radius 1 is 1.15 bits per heavy atom. The lowest BCUT2D eigenvalue weighted by Gasteiger charge is -2.30. The van der Waals surface area contributed by atoms with Crippen molar-refractivity contribution in [1.82, 2.24) is 15.6 Å². The predicted molar refractivity (Wildman–Crippen MR) is 108 cm³/mol. The molecule has 0 radical (unpaired) electrons. The van der Waals surface area contributed by atoms with Gasteiger partial charge < -0.3 is 10.6 Å². The lowest BCUT2D eigenvalue weighted by Crippen LogP contribution is -2.46. The van der Waals surface area contributed by atoms with E-state index in [0.29, 0.717) is 13.1 Å². The number of urea groups is 1. The van der Waals surface area contributed by atoms with Crippen LogP contribution in [-0.4, -0.2) is 35.8 Å². The van der Waals surface area contributed by atoms with Crippen molar-refractivity contribution < 1.29 is 9.59 Å². The van der Waals surface area contributed by atoms with E-state index in [-0.39, 0.29) is 18.5 Å². The highest BCUT2D eigenvalue weighted by Gasteiger charge is 2.26. The third-order valence-electron chi connectivity index (χ3n) is 4.49. The molecular weight excluding hydrogens is 360 g/mol. The van der Waals surface area contributed by atoms with Gasteiger partial charge in [-0.25, -0.2) is 9.78 Å². The SMILES string of the molecule is Cc1cc(C)c2c(n1)SCCN2C(=O)NCC(=O)NCc1ccccc1C. The standard InChI is InChI=1S/C20H24N4O2S/c1-13-6-4-5-7-16(13)11-21-17(25)12-22-20(26)24-8-9-27-19-18(24)14(2)10-15(3)23-19/h4-7,10H,8-9,11-12H2,1-3H3,(H,21,25)(H,22,26). The molecule has 0 saturated heterocycles. The Hall–Kier alpha value is -2.54. The van der Waals surface area contributed by atoms with Gasteiger partial charge in [-0.15, -0.1) is 11.8 Å². The molecule has 7 heteroatoms. The van der Waals surface area contributed by atoms with E-state index in [9.17, 15) is 9.59 Å². The molecule has 1 aromatic heterocycles. The highest BCUT2D eigenvalue weighted by molar-refractivity contribution is 7.99. The number of fused-ring (bicyclic) bond motifs is 1. The zero-order valence-corrected chi connectivity index (χ0v) is 16.7. The molecule has 2 N–H and O–H groups in total. The summed E-state index contributed by atoms with van der Waals surface area (Å²) >= 11 is 1.66. The zero-order chi connectivity index (χ0) is 19.4. The molecule has 0 unspecified atom stereocenters. The summed E-state index contributed by atoms with van der Waals surface area (Å²) in [6, 6.07) is 9.60. The van der Waals surface area contributed by atoms with Crippen LogP contribution in [0.5, 0.6) is 0 Å². The summed E-state index contributed by atoms with van der Waals surface area (Å²) in [7, 11) is 0. The van der Waals surface area contributed by atoms with Crippen LogP contribution in [0.1, 0.15) is 22.4 Å². The van der Waals surface area contributed by atoms with Gasteiger partial charge in [0, 0.05) is 24.5 Å². The Morgan fingerprint density at radius 3 is 2.70 bits per heavy atom. The van der Waals surface area contributed by atoms with Crippen LogP contribution in [-0.2, 0) is 11.3 Å². The predicted octanol–water partition coefficient (Wildman–Crippen LogP) is 2.94. The lowest BCUT2D eigenvalue weighted by atomic mass is 10.1. The number of aryl methyl sites for hydroxylation is 3. The molecule has 1 aliphatic rings. The first-order chi connectivity index (χ1) is 13.0. The number of nitrogens with zero attached hydrogens (tertiary/aromatic N) is 2. The van der Waals surface area contributed by atoms with E-state index < -0.39 is 0 Å². The molecule has 0 atom stereocenters. The van der Waals surface area contributed by atoms with E-state index in [1.54, 1.807) is 16.7 Å². The highest BCUT2D eigenvalue weighted by atomic mass is 32.2. The van der Waals surface area contributed by atoms with E-state index in [0.717, 1.165) is 38.9 Å². The van der Waals surface area contributed by atoms with Gasteiger partial charge >= 0.3 is 6.03 Å². The fourth-order valence-electron chi connectivity index (χ4n) is 3.09. The molecule has 27 heavy (non-hydrogen) atoms. The first-order valence-corrected chi connectivity index (χ1v) is 9.92. The summed E-state index contributed by atoms with van der Waals surface area (Å²) in [4.78, 5) is 31.0. The molecule has 0 fully saturated rings. The summed E-state index contributed by atoms with van der Waals surface area (Å²) in [5.41, 5.74) is 4.99. The number of carbonyl (C=O) groups is 2. The van der Waals surface area contributed by atoms with Gasteiger partial charge in [0.25, 0.3) is 0 Å². The number of rotatable bonds is 4. The molecule has 2 aromatic rings. The molecule has 3 rings (SSSR count). The molecular formula is C20H24N4O2S. The van der Waals surface area contributed by atoms with Crippen molar-refractivity contribution >= 4 is 29.4 Å². The fourth-order valence-corrected chi connectivity index (χ4v) is 4.17. The van der Waals surface area contributed by atoms with Gasteiger partial charge in [-0.1, -0.05) is 24.3 Å². The van der Waals surface area contributed by atoms with Crippen molar-refractivity contribution in [3.8, 4) is 0 Å². The van der Waals surface area contributed by atoms with Crippen LogP contribution in [0, 0.1) is 20.8 Å². The van der Waals surface area contributed by atoms with Crippen molar-refractivity contribution in [2.75, 3.05) is 23.7 Å². The summed E-state index contributed by atoms with van der Waals surface area (Å²) in [6.45, 7) is 6.93. The quantitative estimate of drug-likeness (QED) is 0.850. The second-order valence-corrected chi connectivity index (χ2v) is 7.68. The van der Waals surface area contributed by atoms with Gasteiger partial charge in [0.2, 0.25) is 5.91 Å². The number of benzene rings is 1. The Labute approximate surface area is 163 Å². The second kappa shape index (κ2) is 8.43. The minimum Gasteiger partial charge on any atom is -0.350 e. The number of nitrogens with one attached hydrogen (secondary N) is 2. The van der Waals surface area contributed by atoms with Crippen LogP contribution in [0.15, 0.2) is 35.4 Å². The van der Waals surface area contributed by atoms with Gasteiger partial charge in [-0.2, -0.15) is 0 Å². The van der Waals surface area contributed by atoms with Gasteiger partial charge in [0.1, 0.15) is 5.03 Å². The van der Waals surface area contributed by atoms with Crippen molar-refractivity contribution in [1.29, 1.82) is 0 Å². The average molecular weight is 385 g/mol. The average Bonchev–Trinajstić information content (AvgIpc) is 2.64. The number of carbonyl (C=O) groups excluding carboxylic acids is 2. The molecule has 1 aromatic carbocycles. The molecule has 1 aliphatic heterocycles. The van der Waals surface area contributed by atoms with Crippen LogP contribution in [0.3, 0.4) is 0 Å². The number of hydrogen-bond donors (Lipinski definition) is 2. The molecule has 142 valence electrons. The molecule has 0 spiro atoms. The number of pyridine rings is 1. The van der Waals surface area contributed by atoms with Crippen LogP contribution in [0.2, 0.25) is 0 Å². The molecule has 0 saturated carbocycles. The molecule has 2 heterocycles. The summed E-state index contributed by atoms with van der Waals surface area (Å²) < 4.78 is 0. The number of anilines is 1. The van der Waals surface area contributed by atoms with Crippen molar-refractivity contribution in [3.05, 3.63) is 52.7 Å². The van der Waals surface area contributed by atoms with E-state index in [1.165, 1.54) is 0 Å². The highest BCUT2D eigenvalue weighted by Crippen LogP contribution is 2.36. The number of amides is 3. The third kappa shape index (κ3) is 4.60. The lowest BCUT2D eigenvalue weighted by molar-refractivity contribution is -0.120. The van der Waals surface area contributed by atoms with E-state index in [2.05, 4.69) is 15.6 Å². The Bertz CT molecular complexity index is 869. The topological polar surface area (TPSA) is 74.3 Å². The van der Waals surface area contributed by atoms with Gasteiger partial charge in [0.05, 0.1) is 12.2 Å². The summed E-state index contributed by atoms with van der Waals surface area (Å²) in [6.07, 6.45) is 0. The maximum atomic E-state index is 12.6. The van der Waals surface area contributed by atoms with Gasteiger partial charge in [-0.05, 0) is 43.5 Å². The van der Waals surface area contributed by atoms with Crippen molar-refractivity contribution in [2.45, 2.75) is 32.3 Å². The maximum absolute atomic E-state index is 12.6. The van der Waals surface area contributed by atoms with Crippen LogP contribution in [0.4, 0.5) is 10.5 Å². The molecule has 0 aliphatic carbocycles. The first kappa shape index (κ1) is 19.2. The minimum absolute atomic E-state index is 0.0535. The van der Waals surface area contributed by atoms with E-state index >= 15 is 0 Å². The van der Waals surface area contributed by atoms with E-state index in [1.807, 2.05) is 51.1 Å². The molecule has 3 amide bonds. The van der Waals surface area contributed by atoms with Crippen LogP contribution >= 0.6 is 11.8 Å². The van der Waals surface area contributed by atoms with Crippen molar-refractivity contribution in [3.63, 3.8) is 0 Å². The summed E-state index contributed by atoms with van der Waals surface area (Å²) in [5, 5.41) is 6.44. The second-order valence-electron chi connectivity index (χ2n) is 6.60. The van der Waals surface area contributed by atoms with Crippen LogP contribution < -0.4 is 15.5 Å². The number of hydrogen-bond acceptors (Lipinski definition) is 4. The minimum atomic E-state index is -0.267. The van der Waals surface area contributed by atoms with Crippen LogP contribution in [0.25, 0.3) is 0 Å². The summed E-state index contributed by atoms with van der Waals surface area (Å²) in [5.74, 6) is 0.576. The smallest absolute Gasteiger partial charge is 0.322 e. The Kier molecular flexibility index (Phi) is 6.01. The first-order valence-electron chi connectivity index (χ1n) is 8.93. The monoisotopic (exact) mass is 384 g/mol. The maximum Gasteiger partial charge on any atom is 0.322 e. The number of thioether (sulfide) groups is 1. The Morgan fingerprint density at radius 2 is 1.93 bits per heavy atom. The number of aromatic nitrogens is 1. The molecule has 6 nitrogen and oxygen atoms in total.